The number of hydrogen-bond acceptors (Lipinski definition) is 3. The summed E-state index contributed by atoms with van der Waals surface area (Å²) in [6, 6.07) is 33.1. The van der Waals surface area contributed by atoms with Gasteiger partial charge in [-0.05, 0) is 56.0 Å². The van der Waals surface area contributed by atoms with E-state index >= 15 is 0 Å². The zero-order valence-corrected chi connectivity index (χ0v) is 20.7. The van der Waals surface area contributed by atoms with Crippen molar-refractivity contribution in [1.29, 1.82) is 5.26 Å². The van der Waals surface area contributed by atoms with Crippen molar-refractivity contribution in [3.05, 3.63) is 108 Å². The first kappa shape index (κ1) is 25.4. The lowest BCUT2D eigenvalue weighted by Gasteiger charge is -2.41. The molecule has 3 aromatic rings. The van der Waals surface area contributed by atoms with Gasteiger partial charge in [0.05, 0.1) is 11.5 Å². The second kappa shape index (κ2) is 11.8. The minimum atomic E-state index is -0.683. The molecule has 0 spiro atoms. The van der Waals surface area contributed by atoms with Crippen molar-refractivity contribution >= 4 is 5.78 Å². The van der Waals surface area contributed by atoms with Crippen LogP contribution >= 0.6 is 0 Å². The highest BCUT2D eigenvalue weighted by molar-refractivity contribution is 5.88. The third-order valence-corrected chi connectivity index (χ3v) is 7.24. The van der Waals surface area contributed by atoms with Crippen molar-refractivity contribution in [3.8, 4) is 6.07 Å². The molecule has 0 amide bonds. The van der Waals surface area contributed by atoms with Crippen molar-refractivity contribution < 1.29 is 4.79 Å². The third kappa shape index (κ3) is 5.13. The molecule has 176 valence electrons. The Morgan fingerprint density at radius 2 is 1.29 bits per heavy atom. The van der Waals surface area contributed by atoms with E-state index in [1.165, 1.54) is 0 Å². The van der Waals surface area contributed by atoms with Gasteiger partial charge in [0.15, 0.2) is 0 Å². The molecule has 1 heterocycles. The molecule has 3 aromatic carbocycles. The Hall–Kier alpha value is -3.22. The Balaban J connectivity index is 0.00000158. The summed E-state index contributed by atoms with van der Waals surface area (Å²) in [6.45, 7) is 8.27. The van der Waals surface area contributed by atoms with Gasteiger partial charge in [-0.2, -0.15) is 5.26 Å². The Bertz CT molecular complexity index is 1020. The molecule has 0 radical (unpaired) electrons. The first-order valence-electron chi connectivity index (χ1n) is 12.4. The molecular formula is C31H36N2O. The number of carbonyl (C=O) groups excluding carboxylic acids is 1. The zero-order chi connectivity index (χ0) is 24.4. The molecule has 0 aliphatic carbocycles. The quantitative estimate of drug-likeness (QED) is 0.409. The highest BCUT2D eigenvalue weighted by Gasteiger charge is 2.41. The first-order valence-corrected chi connectivity index (χ1v) is 12.4. The van der Waals surface area contributed by atoms with Crippen LogP contribution in [0, 0.1) is 11.3 Å². The van der Waals surface area contributed by atoms with E-state index in [1.54, 1.807) is 6.92 Å². The summed E-state index contributed by atoms with van der Waals surface area (Å²) in [5.41, 5.74) is 2.13. The SMILES string of the molecule is CC.CC(=O)C1(c2ccccc2)CCN(CCC(C#N)(c2ccccc2)c2ccccc2)CC1. The molecule has 1 fully saturated rings. The van der Waals surface area contributed by atoms with Crippen molar-refractivity contribution in [2.24, 2.45) is 0 Å². The second-order valence-corrected chi connectivity index (χ2v) is 8.85. The van der Waals surface area contributed by atoms with Crippen molar-refractivity contribution in [2.75, 3.05) is 19.6 Å². The predicted molar refractivity (Wildman–Crippen MR) is 140 cm³/mol. The molecule has 0 saturated carbocycles. The van der Waals surface area contributed by atoms with Crippen LogP contribution in [0.1, 0.15) is 56.7 Å². The van der Waals surface area contributed by atoms with Gasteiger partial charge in [0.1, 0.15) is 11.2 Å². The summed E-state index contributed by atoms with van der Waals surface area (Å²) >= 11 is 0. The fourth-order valence-electron chi connectivity index (χ4n) is 5.17. The van der Waals surface area contributed by atoms with Crippen molar-refractivity contribution in [2.45, 2.75) is 50.9 Å². The average Bonchev–Trinajstić information content (AvgIpc) is 2.92. The van der Waals surface area contributed by atoms with Gasteiger partial charge in [0.25, 0.3) is 0 Å². The minimum absolute atomic E-state index is 0.253. The second-order valence-electron chi connectivity index (χ2n) is 8.85. The molecular weight excluding hydrogens is 416 g/mol. The summed E-state index contributed by atoms with van der Waals surface area (Å²) in [4.78, 5) is 15.1. The summed E-state index contributed by atoms with van der Waals surface area (Å²) < 4.78 is 0. The molecule has 1 aliphatic heterocycles. The minimum Gasteiger partial charge on any atom is -0.303 e. The molecule has 0 bridgehead atoms. The lowest BCUT2D eigenvalue weighted by molar-refractivity contribution is -0.124. The predicted octanol–water partition coefficient (Wildman–Crippen LogP) is 6.54. The van der Waals surface area contributed by atoms with E-state index in [2.05, 4.69) is 47.4 Å². The molecule has 34 heavy (non-hydrogen) atoms. The number of nitrogens with zero attached hydrogens (tertiary/aromatic N) is 2. The highest BCUT2D eigenvalue weighted by atomic mass is 16.1. The van der Waals surface area contributed by atoms with Crippen molar-refractivity contribution in [3.63, 3.8) is 0 Å². The maximum Gasteiger partial charge on any atom is 0.140 e. The maximum absolute atomic E-state index is 12.7. The molecule has 1 aliphatic rings. The van der Waals surface area contributed by atoms with Gasteiger partial charge >= 0.3 is 0 Å². The molecule has 1 saturated heterocycles. The Labute approximate surface area is 205 Å². The molecule has 3 nitrogen and oxygen atoms in total. The number of ketones is 1. The number of hydrogen-bond donors (Lipinski definition) is 0. The van der Waals surface area contributed by atoms with Crippen LogP contribution in [-0.4, -0.2) is 30.3 Å². The molecule has 0 unspecified atom stereocenters. The standard InChI is InChI=1S/C29H30N2O.C2H6/c1-24(32)28(25-11-5-2-6-12-25)17-20-31(21-18-28)22-19-29(23-30,26-13-7-3-8-14-26)27-15-9-4-10-16-27;1-2/h2-16H,17-22H2,1H3;1-2H3. The van der Waals surface area contributed by atoms with Gasteiger partial charge in [0, 0.05) is 6.54 Å². The summed E-state index contributed by atoms with van der Waals surface area (Å²) in [6.07, 6.45) is 2.36. The number of benzene rings is 3. The third-order valence-electron chi connectivity index (χ3n) is 7.24. The molecule has 4 rings (SSSR count). The largest absolute Gasteiger partial charge is 0.303 e. The first-order chi connectivity index (χ1) is 16.6. The van der Waals surface area contributed by atoms with Crippen LogP contribution in [-0.2, 0) is 15.6 Å². The summed E-state index contributed by atoms with van der Waals surface area (Å²) in [5, 5.41) is 10.4. The van der Waals surface area contributed by atoms with Crippen LogP contribution in [0.2, 0.25) is 0 Å². The number of likely N-dealkylation sites (tertiary alicyclic amines) is 1. The summed E-state index contributed by atoms with van der Waals surface area (Å²) in [5.74, 6) is 0.253. The fraction of sp³-hybridized carbons (Fsp3) is 0.355. The van der Waals surface area contributed by atoms with Gasteiger partial charge in [-0.3, -0.25) is 4.79 Å². The highest BCUT2D eigenvalue weighted by Crippen LogP contribution is 2.39. The smallest absolute Gasteiger partial charge is 0.140 e. The normalized spacial score (nSPS) is 15.5. The number of rotatable bonds is 7. The van der Waals surface area contributed by atoms with Gasteiger partial charge in [-0.25, -0.2) is 0 Å². The number of piperidine rings is 1. The number of carbonyl (C=O) groups is 1. The van der Waals surface area contributed by atoms with Crippen LogP contribution in [0.5, 0.6) is 0 Å². The molecule has 0 aromatic heterocycles. The van der Waals surface area contributed by atoms with E-state index in [0.717, 1.165) is 55.6 Å². The Kier molecular flexibility index (Phi) is 8.79. The van der Waals surface area contributed by atoms with E-state index in [-0.39, 0.29) is 11.2 Å². The number of Topliss-reactive ketones (excluding diaryl/α,β-unsaturated/α-hetero) is 1. The molecule has 0 N–H and O–H groups in total. The molecule has 3 heteroatoms. The van der Waals surface area contributed by atoms with E-state index < -0.39 is 5.41 Å². The Morgan fingerprint density at radius 1 is 0.853 bits per heavy atom. The van der Waals surface area contributed by atoms with Crippen LogP contribution in [0.25, 0.3) is 0 Å². The van der Waals surface area contributed by atoms with E-state index in [1.807, 2.05) is 68.4 Å². The van der Waals surface area contributed by atoms with E-state index in [9.17, 15) is 10.1 Å². The zero-order valence-electron chi connectivity index (χ0n) is 20.7. The monoisotopic (exact) mass is 452 g/mol. The van der Waals surface area contributed by atoms with Gasteiger partial charge in [-0.15, -0.1) is 0 Å². The van der Waals surface area contributed by atoms with Gasteiger partial charge in [0.2, 0.25) is 0 Å². The van der Waals surface area contributed by atoms with Gasteiger partial charge in [-0.1, -0.05) is 105 Å². The fourth-order valence-corrected chi connectivity index (χ4v) is 5.17. The van der Waals surface area contributed by atoms with Crippen LogP contribution in [0.15, 0.2) is 91.0 Å². The molecule has 0 atom stereocenters. The van der Waals surface area contributed by atoms with Gasteiger partial charge < -0.3 is 4.90 Å². The summed E-state index contributed by atoms with van der Waals surface area (Å²) in [7, 11) is 0. The van der Waals surface area contributed by atoms with Crippen LogP contribution < -0.4 is 0 Å². The lowest BCUT2D eigenvalue weighted by atomic mass is 9.69. The number of nitriles is 1. The topological polar surface area (TPSA) is 44.1 Å². The van der Waals surface area contributed by atoms with E-state index in [0.29, 0.717) is 0 Å². The van der Waals surface area contributed by atoms with Crippen LogP contribution in [0.4, 0.5) is 0 Å². The van der Waals surface area contributed by atoms with Crippen molar-refractivity contribution in [1.82, 2.24) is 4.90 Å². The maximum atomic E-state index is 12.7. The lowest BCUT2D eigenvalue weighted by Crippen LogP contribution is -2.47. The van der Waals surface area contributed by atoms with Crippen LogP contribution in [0.3, 0.4) is 0 Å². The Morgan fingerprint density at radius 3 is 1.71 bits per heavy atom. The average molecular weight is 453 g/mol. The van der Waals surface area contributed by atoms with E-state index in [4.69, 9.17) is 0 Å².